The Kier molecular flexibility index (Phi) is 5.78. The third kappa shape index (κ3) is 3.98. The molecule has 3 N–H and O–H groups in total. The SMILES string of the molecule is Cl.O=C(O)CNC(=O)c1c(O)cc(-c2cccc(C(F)(F)F)c2)n2ncnc12. The third-order valence-electron chi connectivity index (χ3n) is 3.64. The fourth-order valence-corrected chi connectivity index (χ4v) is 2.49. The van der Waals surface area contributed by atoms with Crippen molar-refractivity contribution >= 4 is 29.9 Å². The lowest BCUT2D eigenvalue weighted by molar-refractivity contribution is -0.137. The molecule has 0 atom stereocenters. The van der Waals surface area contributed by atoms with Crippen LogP contribution in [0.1, 0.15) is 15.9 Å². The van der Waals surface area contributed by atoms with Crippen molar-refractivity contribution < 1.29 is 33.0 Å². The van der Waals surface area contributed by atoms with Crippen molar-refractivity contribution in [1.82, 2.24) is 19.9 Å². The quantitative estimate of drug-likeness (QED) is 0.601. The van der Waals surface area contributed by atoms with E-state index in [0.717, 1.165) is 29.0 Å². The Hall–Kier alpha value is -3.34. The van der Waals surface area contributed by atoms with Gasteiger partial charge in [-0.15, -0.1) is 12.4 Å². The zero-order valence-electron chi connectivity index (χ0n) is 13.8. The number of halogens is 4. The first-order valence-electron chi connectivity index (χ1n) is 7.42. The number of aliphatic carboxylic acids is 1. The minimum absolute atomic E-state index is 0. The Labute approximate surface area is 161 Å². The van der Waals surface area contributed by atoms with Gasteiger partial charge in [0.15, 0.2) is 5.65 Å². The molecule has 0 saturated carbocycles. The van der Waals surface area contributed by atoms with Crippen LogP contribution >= 0.6 is 12.4 Å². The average Bonchev–Trinajstić information content (AvgIpc) is 3.07. The van der Waals surface area contributed by atoms with Crippen LogP contribution in [0.3, 0.4) is 0 Å². The number of rotatable bonds is 4. The molecular formula is C16H12ClF3N4O4. The van der Waals surface area contributed by atoms with Crippen LogP contribution < -0.4 is 5.32 Å². The van der Waals surface area contributed by atoms with Crippen molar-refractivity contribution in [1.29, 1.82) is 0 Å². The van der Waals surface area contributed by atoms with E-state index in [9.17, 15) is 27.9 Å². The van der Waals surface area contributed by atoms with Gasteiger partial charge in [-0.2, -0.15) is 18.3 Å². The summed E-state index contributed by atoms with van der Waals surface area (Å²) in [4.78, 5) is 26.6. The fourth-order valence-electron chi connectivity index (χ4n) is 2.49. The molecule has 28 heavy (non-hydrogen) atoms. The van der Waals surface area contributed by atoms with Gasteiger partial charge in [0.05, 0.1) is 11.3 Å². The largest absolute Gasteiger partial charge is 0.507 e. The van der Waals surface area contributed by atoms with Gasteiger partial charge in [-0.05, 0) is 12.1 Å². The average molecular weight is 417 g/mol. The van der Waals surface area contributed by atoms with Crippen molar-refractivity contribution in [3.63, 3.8) is 0 Å². The van der Waals surface area contributed by atoms with E-state index in [-0.39, 0.29) is 34.9 Å². The predicted octanol–water partition coefficient (Wildman–Crippen LogP) is 2.36. The van der Waals surface area contributed by atoms with Gasteiger partial charge in [-0.25, -0.2) is 9.50 Å². The van der Waals surface area contributed by atoms with Crippen LogP contribution in [0, 0.1) is 0 Å². The summed E-state index contributed by atoms with van der Waals surface area (Å²) < 4.78 is 39.9. The number of nitrogens with one attached hydrogen (secondary N) is 1. The summed E-state index contributed by atoms with van der Waals surface area (Å²) in [7, 11) is 0. The summed E-state index contributed by atoms with van der Waals surface area (Å²) in [6, 6.07) is 5.42. The molecule has 12 heteroatoms. The Morgan fingerprint density at radius 3 is 2.57 bits per heavy atom. The van der Waals surface area contributed by atoms with Gasteiger partial charge in [0.25, 0.3) is 5.91 Å². The predicted molar refractivity (Wildman–Crippen MR) is 92.3 cm³/mol. The number of hydrogen-bond donors (Lipinski definition) is 3. The van der Waals surface area contributed by atoms with Gasteiger partial charge < -0.3 is 15.5 Å². The van der Waals surface area contributed by atoms with Crippen molar-refractivity contribution in [2.24, 2.45) is 0 Å². The lowest BCUT2D eigenvalue weighted by Gasteiger charge is -2.12. The van der Waals surface area contributed by atoms with E-state index >= 15 is 0 Å². The standard InChI is InChI=1S/C16H11F3N4O4.ClH/c17-16(18,19)9-3-1-2-8(4-9)10-5-11(24)13(14-21-7-22-23(10)14)15(27)20-6-12(25)26;/h1-5,7,24H,6H2,(H,20,27)(H,25,26);1H. The van der Waals surface area contributed by atoms with Gasteiger partial charge in [0.1, 0.15) is 24.2 Å². The molecule has 0 unspecified atom stereocenters. The summed E-state index contributed by atoms with van der Waals surface area (Å²) >= 11 is 0. The smallest absolute Gasteiger partial charge is 0.416 e. The molecule has 148 valence electrons. The topological polar surface area (TPSA) is 117 Å². The van der Waals surface area contributed by atoms with E-state index in [1.54, 1.807) is 0 Å². The summed E-state index contributed by atoms with van der Waals surface area (Å²) in [6.45, 7) is -0.687. The van der Waals surface area contributed by atoms with Gasteiger partial charge in [0.2, 0.25) is 0 Å². The number of nitrogens with zero attached hydrogens (tertiary/aromatic N) is 3. The van der Waals surface area contributed by atoms with Crippen molar-refractivity contribution in [2.75, 3.05) is 6.54 Å². The van der Waals surface area contributed by atoms with E-state index in [1.165, 1.54) is 12.1 Å². The highest BCUT2D eigenvalue weighted by Gasteiger charge is 2.31. The molecule has 0 fully saturated rings. The second-order valence-electron chi connectivity index (χ2n) is 5.44. The number of alkyl halides is 3. The molecule has 2 aromatic heterocycles. The molecule has 3 rings (SSSR count). The maximum Gasteiger partial charge on any atom is 0.416 e. The summed E-state index contributed by atoms with van der Waals surface area (Å²) in [6.07, 6.45) is -3.50. The first kappa shape index (κ1) is 21.0. The maximum absolute atomic E-state index is 13.0. The normalized spacial score (nSPS) is 11.1. The Morgan fingerprint density at radius 2 is 1.93 bits per heavy atom. The van der Waals surface area contributed by atoms with E-state index in [1.807, 2.05) is 0 Å². The molecule has 0 radical (unpaired) electrons. The van der Waals surface area contributed by atoms with Gasteiger partial charge in [-0.1, -0.05) is 12.1 Å². The lowest BCUT2D eigenvalue weighted by Crippen LogP contribution is -2.29. The minimum atomic E-state index is -4.56. The van der Waals surface area contributed by atoms with Crippen LogP contribution in [0.2, 0.25) is 0 Å². The van der Waals surface area contributed by atoms with E-state index < -0.39 is 35.9 Å². The van der Waals surface area contributed by atoms with E-state index in [0.29, 0.717) is 0 Å². The molecule has 0 bridgehead atoms. The van der Waals surface area contributed by atoms with Crippen LogP contribution in [0.4, 0.5) is 13.2 Å². The monoisotopic (exact) mass is 416 g/mol. The number of carboxylic acid groups (broad SMARTS) is 1. The molecule has 1 aromatic carbocycles. The van der Waals surface area contributed by atoms with Crippen molar-refractivity contribution in [2.45, 2.75) is 6.18 Å². The Balaban J connectivity index is 0.00000280. The molecule has 2 heterocycles. The zero-order chi connectivity index (χ0) is 19.8. The number of aromatic hydroxyl groups is 1. The molecule has 3 aromatic rings. The number of pyridine rings is 1. The molecular weight excluding hydrogens is 405 g/mol. The molecule has 0 aliphatic carbocycles. The van der Waals surface area contributed by atoms with Crippen molar-refractivity contribution in [3.05, 3.63) is 47.8 Å². The number of fused-ring (bicyclic) bond motifs is 1. The molecule has 0 aliphatic rings. The second-order valence-corrected chi connectivity index (χ2v) is 5.44. The van der Waals surface area contributed by atoms with Crippen molar-refractivity contribution in [3.8, 4) is 17.0 Å². The summed E-state index contributed by atoms with van der Waals surface area (Å²) in [5.74, 6) is -2.78. The number of carbonyl (C=O) groups excluding carboxylic acids is 1. The first-order chi connectivity index (χ1) is 12.7. The lowest BCUT2D eigenvalue weighted by atomic mass is 10.1. The first-order valence-corrected chi connectivity index (χ1v) is 7.42. The molecule has 0 aliphatic heterocycles. The third-order valence-corrected chi connectivity index (χ3v) is 3.64. The Morgan fingerprint density at radius 1 is 1.21 bits per heavy atom. The molecule has 8 nitrogen and oxygen atoms in total. The van der Waals surface area contributed by atoms with Crippen LogP contribution in [-0.2, 0) is 11.0 Å². The van der Waals surface area contributed by atoms with Gasteiger partial charge >= 0.3 is 12.1 Å². The highest BCUT2D eigenvalue weighted by Crippen LogP contribution is 2.34. The highest BCUT2D eigenvalue weighted by molar-refractivity contribution is 6.04. The summed E-state index contributed by atoms with van der Waals surface area (Å²) in [5, 5.41) is 24.8. The van der Waals surface area contributed by atoms with Crippen LogP contribution in [0.25, 0.3) is 16.9 Å². The zero-order valence-corrected chi connectivity index (χ0v) is 14.6. The molecule has 0 spiro atoms. The minimum Gasteiger partial charge on any atom is -0.507 e. The number of carbonyl (C=O) groups is 2. The van der Waals surface area contributed by atoms with Crippen LogP contribution in [0.5, 0.6) is 5.75 Å². The highest BCUT2D eigenvalue weighted by atomic mass is 35.5. The number of amides is 1. The number of hydrogen-bond acceptors (Lipinski definition) is 5. The number of carboxylic acids is 1. The fraction of sp³-hybridized carbons (Fsp3) is 0.125. The maximum atomic E-state index is 13.0. The van der Waals surface area contributed by atoms with E-state index in [2.05, 4.69) is 15.4 Å². The number of benzene rings is 1. The van der Waals surface area contributed by atoms with E-state index in [4.69, 9.17) is 5.11 Å². The van der Waals surface area contributed by atoms with Crippen LogP contribution in [0.15, 0.2) is 36.7 Å². The van der Waals surface area contributed by atoms with Gasteiger partial charge in [-0.3, -0.25) is 9.59 Å². The number of aromatic nitrogens is 3. The van der Waals surface area contributed by atoms with Crippen LogP contribution in [-0.4, -0.2) is 43.2 Å². The van der Waals surface area contributed by atoms with Gasteiger partial charge in [0, 0.05) is 11.6 Å². The Bertz CT molecular complexity index is 1050. The second kappa shape index (κ2) is 7.72. The molecule has 1 amide bonds. The molecule has 0 saturated heterocycles. The summed E-state index contributed by atoms with van der Waals surface area (Å²) in [5.41, 5.74) is -1.21.